The number of carboxylic acids is 1. The fourth-order valence-electron chi connectivity index (χ4n) is 2.91. The highest BCUT2D eigenvalue weighted by Gasteiger charge is 2.09. The van der Waals surface area contributed by atoms with Crippen LogP contribution >= 0.6 is 11.8 Å². The van der Waals surface area contributed by atoms with Crippen molar-refractivity contribution in [2.45, 2.75) is 4.90 Å². The summed E-state index contributed by atoms with van der Waals surface area (Å²) in [5.41, 5.74) is 2.80. The SMILES string of the molecule is CS(=O)(=O)Oc1cccc(C(=CCSc2ccc(OCC(=O)O)cc2)c2ccccc2)c1. The zero-order valence-electron chi connectivity index (χ0n) is 17.3. The zero-order chi connectivity index (χ0) is 23.0. The molecule has 0 atom stereocenters. The van der Waals surface area contributed by atoms with Gasteiger partial charge >= 0.3 is 16.1 Å². The molecule has 0 saturated heterocycles. The van der Waals surface area contributed by atoms with Gasteiger partial charge in [-0.1, -0.05) is 48.5 Å². The molecule has 3 rings (SSSR count). The van der Waals surface area contributed by atoms with E-state index in [-0.39, 0.29) is 12.4 Å². The maximum atomic E-state index is 11.5. The molecule has 0 aromatic heterocycles. The lowest BCUT2D eigenvalue weighted by molar-refractivity contribution is -0.139. The number of carbonyl (C=O) groups is 1. The summed E-state index contributed by atoms with van der Waals surface area (Å²) in [4.78, 5) is 11.6. The number of ether oxygens (including phenoxy) is 1. The summed E-state index contributed by atoms with van der Waals surface area (Å²) < 4.78 is 33.2. The number of benzene rings is 3. The molecule has 0 aliphatic heterocycles. The molecule has 1 N–H and O–H groups in total. The first-order valence-corrected chi connectivity index (χ1v) is 12.4. The van der Waals surface area contributed by atoms with Crippen molar-refractivity contribution >= 4 is 33.4 Å². The van der Waals surface area contributed by atoms with Crippen LogP contribution in [-0.4, -0.2) is 38.1 Å². The van der Waals surface area contributed by atoms with E-state index < -0.39 is 16.1 Å². The van der Waals surface area contributed by atoms with Crippen molar-refractivity contribution in [1.29, 1.82) is 0 Å². The largest absolute Gasteiger partial charge is 0.482 e. The number of hydrogen-bond donors (Lipinski definition) is 1. The Morgan fingerprint density at radius 1 is 0.938 bits per heavy atom. The van der Waals surface area contributed by atoms with E-state index in [4.69, 9.17) is 14.0 Å². The average molecular weight is 471 g/mol. The van der Waals surface area contributed by atoms with Crippen LogP contribution in [0.1, 0.15) is 11.1 Å². The molecule has 0 saturated carbocycles. The first kappa shape index (κ1) is 23.4. The van der Waals surface area contributed by atoms with Gasteiger partial charge in [-0.05, 0) is 53.1 Å². The molecule has 0 aliphatic rings. The Hall–Kier alpha value is -3.23. The molecule has 32 heavy (non-hydrogen) atoms. The van der Waals surface area contributed by atoms with Crippen molar-refractivity contribution in [3.8, 4) is 11.5 Å². The Kier molecular flexibility index (Phi) is 7.97. The fourth-order valence-corrected chi connectivity index (χ4v) is 4.13. The second-order valence-corrected chi connectivity index (χ2v) is 9.43. The van der Waals surface area contributed by atoms with Crippen LogP contribution < -0.4 is 8.92 Å². The van der Waals surface area contributed by atoms with E-state index >= 15 is 0 Å². The van der Waals surface area contributed by atoms with Crippen molar-refractivity contribution < 1.29 is 27.2 Å². The third-order valence-corrected chi connectivity index (χ3v) is 5.63. The number of aliphatic carboxylic acids is 1. The number of carboxylic acid groups (broad SMARTS) is 1. The molecule has 0 fully saturated rings. The lowest BCUT2D eigenvalue weighted by Gasteiger charge is -2.11. The smallest absolute Gasteiger partial charge is 0.341 e. The molecule has 8 heteroatoms. The fraction of sp³-hybridized carbons (Fsp3) is 0.125. The Labute approximate surface area is 191 Å². The minimum Gasteiger partial charge on any atom is -0.482 e. The van der Waals surface area contributed by atoms with Crippen LogP contribution in [0.25, 0.3) is 5.57 Å². The lowest BCUT2D eigenvalue weighted by atomic mass is 9.98. The van der Waals surface area contributed by atoms with E-state index in [0.717, 1.165) is 27.9 Å². The molecule has 0 spiro atoms. The summed E-state index contributed by atoms with van der Waals surface area (Å²) in [7, 11) is -3.62. The van der Waals surface area contributed by atoms with Gasteiger partial charge in [-0.15, -0.1) is 11.8 Å². The maximum Gasteiger partial charge on any atom is 0.341 e. The van der Waals surface area contributed by atoms with Crippen LogP contribution in [0.5, 0.6) is 11.5 Å². The standard InChI is InChI=1S/C24H22O6S2/c1-32(27,28)30-21-9-5-8-19(16-21)23(18-6-3-2-4-7-18)14-15-31-22-12-10-20(11-13-22)29-17-24(25)26/h2-14,16H,15,17H2,1H3,(H,25,26). The molecular weight excluding hydrogens is 448 g/mol. The summed E-state index contributed by atoms with van der Waals surface area (Å²) in [6.07, 6.45) is 3.09. The molecule has 3 aromatic rings. The van der Waals surface area contributed by atoms with Crippen LogP contribution in [-0.2, 0) is 14.9 Å². The van der Waals surface area contributed by atoms with Gasteiger partial charge in [-0.3, -0.25) is 0 Å². The van der Waals surface area contributed by atoms with Crippen molar-refractivity contribution in [3.63, 3.8) is 0 Å². The molecule has 0 bridgehead atoms. The summed E-state index contributed by atoms with van der Waals surface area (Å²) in [5.74, 6) is 0.404. The van der Waals surface area contributed by atoms with Gasteiger partial charge in [-0.2, -0.15) is 8.42 Å². The van der Waals surface area contributed by atoms with E-state index in [1.165, 1.54) is 0 Å². The van der Waals surface area contributed by atoms with Gasteiger partial charge in [0.05, 0.1) is 6.26 Å². The summed E-state index contributed by atoms with van der Waals surface area (Å²) in [6.45, 7) is -0.377. The third-order valence-electron chi connectivity index (χ3n) is 4.20. The van der Waals surface area contributed by atoms with Gasteiger partial charge in [0.1, 0.15) is 11.5 Å². The maximum absolute atomic E-state index is 11.5. The Morgan fingerprint density at radius 2 is 1.62 bits per heavy atom. The van der Waals surface area contributed by atoms with Crippen molar-refractivity contribution in [1.82, 2.24) is 0 Å². The molecule has 6 nitrogen and oxygen atoms in total. The van der Waals surface area contributed by atoms with Gasteiger partial charge in [0.2, 0.25) is 0 Å². The topological polar surface area (TPSA) is 89.9 Å². The number of rotatable bonds is 10. The average Bonchev–Trinajstić information content (AvgIpc) is 2.76. The predicted octanol–water partition coefficient (Wildman–Crippen LogP) is 4.71. The van der Waals surface area contributed by atoms with Crippen molar-refractivity contribution in [3.05, 3.63) is 96.1 Å². The van der Waals surface area contributed by atoms with Crippen LogP contribution in [0.2, 0.25) is 0 Å². The molecule has 3 aromatic carbocycles. The molecule has 0 radical (unpaired) electrons. The molecule has 0 aliphatic carbocycles. The van der Waals surface area contributed by atoms with E-state index in [1.54, 1.807) is 42.1 Å². The molecular formula is C24H22O6S2. The van der Waals surface area contributed by atoms with Gasteiger partial charge < -0.3 is 14.0 Å². The molecule has 0 heterocycles. The highest BCUT2D eigenvalue weighted by atomic mass is 32.2. The zero-order valence-corrected chi connectivity index (χ0v) is 18.9. The van der Waals surface area contributed by atoms with Crippen LogP contribution in [0.3, 0.4) is 0 Å². The van der Waals surface area contributed by atoms with Crippen molar-refractivity contribution in [2.24, 2.45) is 0 Å². The highest BCUT2D eigenvalue weighted by Crippen LogP contribution is 2.29. The van der Waals surface area contributed by atoms with Crippen LogP contribution in [0.15, 0.2) is 89.8 Å². The van der Waals surface area contributed by atoms with Gasteiger partial charge in [0.15, 0.2) is 6.61 Å². The normalized spacial score (nSPS) is 11.7. The molecule has 0 amide bonds. The molecule has 166 valence electrons. The van der Waals surface area contributed by atoms with Gasteiger partial charge in [-0.25, -0.2) is 4.79 Å². The second-order valence-electron chi connectivity index (χ2n) is 6.76. The Bertz CT molecular complexity index is 1190. The minimum atomic E-state index is -3.62. The van der Waals surface area contributed by atoms with E-state index in [0.29, 0.717) is 11.5 Å². The van der Waals surface area contributed by atoms with E-state index in [9.17, 15) is 13.2 Å². The second kappa shape index (κ2) is 10.9. The minimum absolute atomic E-state index is 0.261. The van der Waals surface area contributed by atoms with E-state index in [2.05, 4.69) is 6.08 Å². The number of thioether (sulfide) groups is 1. The van der Waals surface area contributed by atoms with Crippen molar-refractivity contribution in [2.75, 3.05) is 18.6 Å². The lowest BCUT2D eigenvalue weighted by Crippen LogP contribution is -2.09. The van der Waals surface area contributed by atoms with Crippen LogP contribution in [0.4, 0.5) is 0 Å². The highest BCUT2D eigenvalue weighted by molar-refractivity contribution is 7.99. The summed E-state index contributed by atoms with van der Waals surface area (Å²) in [6, 6.07) is 24.0. The van der Waals surface area contributed by atoms with Gasteiger partial charge in [0.25, 0.3) is 0 Å². The van der Waals surface area contributed by atoms with Gasteiger partial charge in [0, 0.05) is 10.6 Å². The monoisotopic (exact) mass is 470 g/mol. The quantitative estimate of drug-likeness (QED) is 0.339. The van der Waals surface area contributed by atoms with E-state index in [1.807, 2.05) is 48.5 Å². The Morgan fingerprint density at radius 3 is 2.28 bits per heavy atom. The summed E-state index contributed by atoms with van der Waals surface area (Å²) >= 11 is 1.61. The van der Waals surface area contributed by atoms with Crippen LogP contribution in [0, 0.1) is 0 Å². The first-order chi connectivity index (χ1) is 15.3. The third kappa shape index (κ3) is 7.47. The number of hydrogen-bond acceptors (Lipinski definition) is 6. The summed E-state index contributed by atoms with van der Waals surface area (Å²) in [5, 5.41) is 8.68. The first-order valence-electron chi connectivity index (χ1n) is 9.63. The molecule has 0 unspecified atom stereocenters. The predicted molar refractivity (Wildman–Crippen MR) is 126 cm³/mol. The Balaban J connectivity index is 1.78.